The van der Waals surface area contributed by atoms with E-state index in [1.54, 1.807) is 6.20 Å². The molecule has 1 fully saturated rings. The van der Waals surface area contributed by atoms with Crippen LogP contribution < -0.4 is 5.32 Å². The lowest BCUT2D eigenvalue weighted by atomic mass is 10.2. The first kappa shape index (κ1) is 10.5. The largest absolute Gasteiger partial charge is 0.310 e. The van der Waals surface area contributed by atoms with Crippen LogP contribution in [0.5, 0.6) is 0 Å². The van der Waals surface area contributed by atoms with E-state index in [0.29, 0.717) is 24.7 Å². The van der Waals surface area contributed by atoms with Gasteiger partial charge in [-0.25, -0.2) is 8.78 Å². The third-order valence-electron chi connectivity index (χ3n) is 2.62. The maximum Gasteiger partial charge on any atom is 0.280 e. The van der Waals surface area contributed by atoms with E-state index in [4.69, 9.17) is 0 Å². The van der Waals surface area contributed by atoms with Crippen molar-refractivity contribution < 1.29 is 8.78 Å². The number of aryl methyl sites for hydroxylation is 1. The smallest absolute Gasteiger partial charge is 0.280 e. The number of nitrogens with zero attached hydrogens (tertiary/aromatic N) is 2. The second kappa shape index (κ2) is 4.26. The van der Waals surface area contributed by atoms with Gasteiger partial charge in [0.2, 0.25) is 0 Å². The summed E-state index contributed by atoms with van der Waals surface area (Å²) in [7, 11) is 0. The molecule has 1 aliphatic rings. The van der Waals surface area contributed by atoms with E-state index in [1.807, 2.05) is 6.92 Å². The summed E-state index contributed by atoms with van der Waals surface area (Å²) in [5.41, 5.74) is 0.685. The van der Waals surface area contributed by atoms with Gasteiger partial charge in [-0.3, -0.25) is 4.68 Å². The van der Waals surface area contributed by atoms with Gasteiger partial charge in [0.1, 0.15) is 5.69 Å². The first-order valence-electron chi connectivity index (χ1n) is 5.28. The molecule has 3 nitrogen and oxygen atoms in total. The van der Waals surface area contributed by atoms with Crippen molar-refractivity contribution in [2.75, 3.05) is 0 Å². The fraction of sp³-hybridized carbons (Fsp3) is 0.700. The second-order valence-electron chi connectivity index (χ2n) is 3.83. The summed E-state index contributed by atoms with van der Waals surface area (Å²) >= 11 is 0. The van der Waals surface area contributed by atoms with Crippen molar-refractivity contribution in [2.24, 2.45) is 0 Å². The first-order valence-corrected chi connectivity index (χ1v) is 5.28. The Morgan fingerprint density at radius 1 is 1.60 bits per heavy atom. The molecular weight excluding hydrogens is 200 g/mol. The van der Waals surface area contributed by atoms with Gasteiger partial charge in [-0.05, 0) is 19.8 Å². The van der Waals surface area contributed by atoms with Crippen LogP contribution in [0.1, 0.15) is 37.4 Å². The minimum Gasteiger partial charge on any atom is -0.310 e. The quantitative estimate of drug-likeness (QED) is 0.815. The van der Waals surface area contributed by atoms with Crippen molar-refractivity contribution in [3.8, 4) is 0 Å². The van der Waals surface area contributed by atoms with Crippen LogP contribution in [0.2, 0.25) is 0 Å². The molecule has 1 aliphatic carbocycles. The number of rotatable bonds is 5. The number of aromatic nitrogens is 2. The molecule has 1 aromatic heterocycles. The Labute approximate surface area is 87.5 Å². The van der Waals surface area contributed by atoms with Crippen molar-refractivity contribution in [2.45, 2.75) is 45.3 Å². The van der Waals surface area contributed by atoms with E-state index in [-0.39, 0.29) is 5.69 Å². The Morgan fingerprint density at radius 2 is 2.33 bits per heavy atom. The number of alkyl halides is 2. The van der Waals surface area contributed by atoms with Crippen LogP contribution in [-0.4, -0.2) is 15.8 Å². The van der Waals surface area contributed by atoms with Gasteiger partial charge >= 0.3 is 0 Å². The van der Waals surface area contributed by atoms with Crippen LogP contribution in [0.25, 0.3) is 0 Å². The normalized spacial score (nSPS) is 16.3. The first-order chi connectivity index (χ1) is 7.22. The lowest BCUT2D eigenvalue weighted by Crippen LogP contribution is -2.16. The molecule has 1 saturated carbocycles. The van der Waals surface area contributed by atoms with Crippen LogP contribution in [0.3, 0.4) is 0 Å². The molecule has 15 heavy (non-hydrogen) atoms. The summed E-state index contributed by atoms with van der Waals surface area (Å²) in [4.78, 5) is 0. The lowest BCUT2D eigenvalue weighted by molar-refractivity contribution is 0.138. The SMILES string of the molecule is CCn1ncc(CNC2CC2)c1C(F)F. The van der Waals surface area contributed by atoms with E-state index in [0.717, 1.165) is 12.8 Å². The van der Waals surface area contributed by atoms with Gasteiger partial charge in [0.05, 0.1) is 6.20 Å². The minimum absolute atomic E-state index is 0.0608. The summed E-state index contributed by atoms with van der Waals surface area (Å²) in [6, 6.07) is 0.528. The number of hydrogen-bond donors (Lipinski definition) is 1. The summed E-state index contributed by atoms with van der Waals surface area (Å²) in [6.45, 7) is 2.81. The molecule has 0 bridgehead atoms. The Kier molecular flexibility index (Phi) is 3.00. The van der Waals surface area contributed by atoms with Gasteiger partial charge in [-0.15, -0.1) is 0 Å². The zero-order valence-electron chi connectivity index (χ0n) is 8.71. The molecule has 1 heterocycles. The summed E-state index contributed by atoms with van der Waals surface area (Å²) in [5, 5.41) is 7.17. The highest BCUT2D eigenvalue weighted by Crippen LogP contribution is 2.24. The molecule has 5 heteroatoms. The van der Waals surface area contributed by atoms with Crippen molar-refractivity contribution in [3.63, 3.8) is 0 Å². The summed E-state index contributed by atoms with van der Waals surface area (Å²) in [6.07, 6.45) is 1.42. The number of nitrogens with one attached hydrogen (secondary N) is 1. The van der Waals surface area contributed by atoms with Crippen LogP contribution in [0.15, 0.2) is 6.20 Å². The Balaban J connectivity index is 2.09. The lowest BCUT2D eigenvalue weighted by Gasteiger charge is -2.07. The van der Waals surface area contributed by atoms with Crippen LogP contribution in [-0.2, 0) is 13.1 Å². The molecule has 0 unspecified atom stereocenters. The third-order valence-corrected chi connectivity index (χ3v) is 2.62. The standard InChI is InChI=1S/C10H15F2N3/c1-2-15-9(10(11)12)7(6-14-15)5-13-8-3-4-8/h6,8,10,13H,2-5H2,1H3. The van der Waals surface area contributed by atoms with E-state index in [1.165, 1.54) is 4.68 Å². The second-order valence-corrected chi connectivity index (χ2v) is 3.83. The van der Waals surface area contributed by atoms with Gasteiger partial charge in [0.25, 0.3) is 6.43 Å². The van der Waals surface area contributed by atoms with Gasteiger partial charge in [0.15, 0.2) is 0 Å². The number of halogens is 2. The summed E-state index contributed by atoms with van der Waals surface area (Å²) in [5.74, 6) is 0. The zero-order chi connectivity index (χ0) is 10.8. The third kappa shape index (κ3) is 2.34. The molecular formula is C10H15F2N3. The molecule has 0 radical (unpaired) electrons. The Hall–Kier alpha value is -0.970. The minimum atomic E-state index is -2.44. The molecule has 0 spiro atoms. The van der Waals surface area contributed by atoms with E-state index in [2.05, 4.69) is 10.4 Å². The van der Waals surface area contributed by atoms with E-state index >= 15 is 0 Å². The maximum atomic E-state index is 12.8. The fourth-order valence-corrected chi connectivity index (χ4v) is 1.62. The number of hydrogen-bond acceptors (Lipinski definition) is 2. The van der Waals surface area contributed by atoms with E-state index in [9.17, 15) is 8.78 Å². The predicted octanol–water partition coefficient (Wildman–Crippen LogP) is 2.09. The molecule has 0 amide bonds. The molecule has 1 N–H and O–H groups in total. The zero-order valence-corrected chi connectivity index (χ0v) is 8.71. The topological polar surface area (TPSA) is 29.9 Å². The average Bonchev–Trinajstić information content (AvgIpc) is 2.93. The molecule has 0 atom stereocenters. The van der Waals surface area contributed by atoms with Gasteiger partial charge in [-0.2, -0.15) is 5.10 Å². The van der Waals surface area contributed by atoms with Gasteiger partial charge in [-0.1, -0.05) is 0 Å². The highest BCUT2D eigenvalue weighted by atomic mass is 19.3. The molecule has 0 aromatic carbocycles. The van der Waals surface area contributed by atoms with Gasteiger partial charge < -0.3 is 5.32 Å². The molecule has 2 rings (SSSR count). The average molecular weight is 215 g/mol. The van der Waals surface area contributed by atoms with Crippen molar-refractivity contribution >= 4 is 0 Å². The summed E-state index contributed by atoms with van der Waals surface area (Å²) < 4.78 is 26.9. The Morgan fingerprint density at radius 3 is 2.87 bits per heavy atom. The highest BCUT2D eigenvalue weighted by Gasteiger charge is 2.23. The Bertz CT molecular complexity index is 331. The van der Waals surface area contributed by atoms with Gasteiger partial charge in [0, 0.05) is 24.7 Å². The highest BCUT2D eigenvalue weighted by molar-refractivity contribution is 5.19. The van der Waals surface area contributed by atoms with Crippen molar-refractivity contribution in [1.29, 1.82) is 0 Å². The van der Waals surface area contributed by atoms with Crippen LogP contribution >= 0.6 is 0 Å². The van der Waals surface area contributed by atoms with Crippen LogP contribution in [0.4, 0.5) is 8.78 Å². The monoisotopic (exact) mass is 215 g/mol. The molecule has 1 aromatic rings. The van der Waals surface area contributed by atoms with Crippen LogP contribution in [0, 0.1) is 0 Å². The maximum absolute atomic E-state index is 12.8. The molecule has 84 valence electrons. The molecule has 0 saturated heterocycles. The van der Waals surface area contributed by atoms with E-state index < -0.39 is 6.43 Å². The van der Waals surface area contributed by atoms with Crippen molar-refractivity contribution in [1.82, 2.24) is 15.1 Å². The van der Waals surface area contributed by atoms with Crippen molar-refractivity contribution in [3.05, 3.63) is 17.5 Å². The predicted molar refractivity (Wildman–Crippen MR) is 52.7 cm³/mol. The molecule has 0 aliphatic heterocycles. The fourth-order valence-electron chi connectivity index (χ4n) is 1.62.